The summed E-state index contributed by atoms with van der Waals surface area (Å²) in [6.45, 7) is 14.0. The van der Waals surface area contributed by atoms with Crippen molar-refractivity contribution in [2.45, 2.75) is 76.4 Å². The predicted molar refractivity (Wildman–Crippen MR) is 185 cm³/mol. The maximum atomic E-state index is 10.1. The van der Waals surface area contributed by atoms with Crippen molar-refractivity contribution in [3.8, 4) is 6.07 Å². The Morgan fingerprint density at radius 3 is 1.34 bits per heavy atom. The summed E-state index contributed by atoms with van der Waals surface area (Å²) in [7, 11) is -5.68. The number of hydrogen-bond donors (Lipinski definition) is 0. The molecule has 4 aromatic carbocycles. The van der Waals surface area contributed by atoms with E-state index in [1.807, 2.05) is 0 Å². The van der Waals surface area contributed by atoms with E-state index in [0.717, 1.165) is 0 Å². The fraction of sp³-hybridized carbons (Fsp3) is 0.342. The Kier molecular flexibility index (Phi) is 9.45. The van der Waals surface area contributed by atoms with E-state index in [2.05, 4.69) is 169 Å². The lowest BCUT2D eigenvalue weighted by Gasteiger charge is -2.46. The van der Waals surface area contributed by atoms with Gasteiger partial charge >= 0.3 is 0 Å². The fourth-order valence-corrected chi connectivity index (χ4v) is 16.2. The molecule has 1 heterocycles. The van der Waals surface area contributed by atoms with Gasteiger partial charge in [-0.3, -0.25) is 0 Å². The lowest BCUT2D eigenvalue weighted by molar-refractivity contribution is -0.000226. The quantitative estimate of drug-likeness (QED) is 0.210. The lowest BCUT2D eigenvalue weighted by Crippen LogP contribution is -2.69. The van der Waals surface area contributed by atoms with E-state index in [9.17, 15) is 5.26 Å². The zero-order chi connectivity index (χ0) is 31.4. The highest BCUT2D eigenvalue weighted by Gasteiger charge is 2.55. The van der Waals surface area contributed by atoms with Crippen LogP contribution in [0.1, 0.15) is 48.0 Å². The molecule has 0 aliphatic carbocycles. The van der Waals surface area contributed by atoms with Gasteiger partial charge in [-0.05, 0) is 30.8 Å². The number of rotatable bonds is 9. The molecule has 0 spiro atoms. The predicted octanol–water partition coefficient (Wildman–Crippen LogP) is 6.19. The molecule has 3 atom stereocenters. The van der Waals surface area contributed by atoms with Crippen molar-refractivity contribution in [1.82, 2.24) is 0 Å². The second-order valence-corrected chi connectivity index (χ2v) is 22.4. The summed E-state index contributed by atoms with van der Waals surface area (Å²) >= 11 is 0. The van der Waals surface area contributed by atoms with Crippen molar-refractivity contribution in [3.05, 3.63) is 121 Å². The van der Waals surface area contributed by atoms with Crippen LogP contribution in [0.4, 0.5) is 0 Å². The molecule has 0 amide bonds. The molecule has 0 saturated carbocycles. The average molecular weight is 620 g/mol. The first kappa shape index (κ1) is 32.1. The van der Waals surface area contributed by atoms with Gasteiger partial charge < -0.3 is 13.6 Å². The lowest BCUT2D eigenvalue weighted by atomic mass is 10.1. The molecule has 44 heavy (non-hydrogen) atoms. The van der Waals surface area contributed by atoms with Crippen molar-refractivity contribution in [2.24, 2.45) is 0 Å². The molecule has 4 aromatic rings. The van der Waals surface area contributed by atoms with Gasteiger partial charge in [0.2, 0.25) is 0 Å². The van der Waals surface area contributed by atoms with Crippen LogP contribution in [0, 0.1) is 11.3 Å². The SMILES string of the molecule is CC(C)(C)[Si](OC[C@H]1O[C@@H](C#N)C[C@@H]1O[Si](c1ccccc1)(c1ccccc1)C(C)(C)C)(c1ccccc1)c1ccccc1. The van der Waals surface area contributed by atoms with Gasteiger partial charge in [0.15, 0.2) is 0 Å². The van der Waals surface area contributed by atoms with Crippen LogP contribution in [-0.2, 0) is 13.6 Å². The minimum atomic E-state index is -2.87. The topological polar surface area (TPSA) is 51.5 Å². The summed E-state index contributed by atoms with van der Waals surface area (Å²) in [5, 5.41) is 14.6. The highest BCUT2D eigenvalue weighted by molar-refractivity contribution is 7.00. The Morgan fingerprint density at radius 1 is 0.636 bits per heavy atom. The molecule has 0 unspecified atom stereocenters. The van der Waals surface area contributed by atoms with E-state index in [1.54, 1.807) is 0 Å². The van der Waals surface area contributed by atoms with E-state index in [1.165, 1.54) is 20.7 Å². The molecule has 1 aliphatic heterocycles. The van der Waals surface area contributed by atoms with Crippen molar-refractivity contribution in [1.29, 1.82) is 5.26 Å². The average Bonchev–Trinajstić information content (AvgIpc) is 3.42. The highest BCUT2D eigenvalue weighted by atomic mass is 28.4. The fourth-order valence-electron chi connectivity index (χ4n) is 6.96. The van der Waals surface area contributed by atoms with Crippen LogP contribution in [0.5, 0.6) is 0 Å². The van der Waals surface area contributed by atoms with Gasteiger partial charge in [-0.15, -0.1) is 0 Å². The van der Waals surface area contributed by atoms with E-state index in [4.69, 9.17) is 13.6 Å². The summed E-state index contributed by atoms with van der Waals surface area (Å²) in [5.74, 6) is 0. The van der Waals surface area contributed by atoms with Crippen LogP contribution in [0.15, 0.2) is 121 Å². The Morgan fingerprint density at radius 2 is 1.00 bits per heavy atom. The first-order chi connectivity index (χ1) is 21.0. The van der Waals surface area contributed by atoms with E-state index in [-0.39, 0.29) is 22.3 Å². The molecule has 0 radical (unpaired) electrons. The van der Waals surface area contributed by atoms with Crippen molar-refractivity contribution >= 4 is 37.4 Å². The van der Waals surface area contributed by atoms with Gasteiger partial charge in [0.1, 0.15) is 12.2 Å². The molecule has 0 N–H and O–H groups in total. The first-order valence-corrected chi connectivity index (χ1v) is 19.4. The third-order valence-electron chi connectivity index (χ3n) is 8.97. The van der Waals surface area contributed by atoms with Gasteiger partial charge in [0, 0.05) is 6.42 Å². The van der Waals surface area contributed by atoms with Crippen LogP contribution in [-0.4, -0.2) is 41.6 Å². The maximum absolute atomic E-state index is 10.1. The molecule has 228 valence electrons. The van der Waals surface area contributed by atoms with Crippen LogP contribution in [0.2, 0.25) is 10.1 Å². The van der Waals surface area contributed by atoms with Crippen molar-refractivity contribution in [3.63, 3.8) is 0 Å². The summed E-state index contributed by atoms with van der Waals surface area (Å²) < 4.78 is 21.3. The maximum Gasteiger partial charge on any atom is 0.261 e. The first-order valence-electron chi connectivity index (χ1n) is 15.6. The van der Waals surface area contributed by atoms with E-state index < -0.39 is 22.7 Å². The largest absolute Gasteiger partial charge is 0.405 e. The van der Waals surface area contributed by atoms with Gasteiger partial charge in [0.05, 0.1) is 18.8 Å². The molecular formula is C38H45NO3Si2. The zero-order valence-electron chi connectivity index (χ0n) is 26.9. The van der Waals surface area contributed by atoms with Crippen LogP contribution >= 0.6 is 0 Å². The third-order valence-corrected chi connectivity index (χ3v) is 19.0. The second-order valence-electron chi connectivity index (χ2n) is 13.8. The molecule has 4 nitrogen and oxygen atoms in total. The van der Waals surface area contributed by atoms with Gasteiger partial charge in [-0.1, -0.05) is 163 Å². The number of hydrogen-bond acceptors (Lipinski definition) is 4. The minimum Gasteiger partial charge on any atom is -0.405 e. The normalized spacial score (nSPS) is 19.4. The standard InChI is InChI=1S/C38H45NO3Si2/c1-37(2,3)43(31-19-11-7-12-20-31,32-21-13-8-14-22-32)40-29-36-35(27-30(28-39)41-36)42-44(38(4,5)6,33-23-15-9-16-24-33)34-25-17-10-18-26-34/h7-26,30,35-36H,27,29H2,1-6H3/t30-,35+,36-/m1/s1. The Bertz CT molecular complexity index is 1450. The Hall–Kier alpha value is -3.32. The molecule has 0 bridgehead atoms. The number of nitrogens with zero attached hydrogens (tertiary/aromatic N) is 1. The summed E-state index contributed by atoms with van der Waals surface area (Å²) in [6, 6.07) is 45.0. The number of ether oxygens (including phenoxy) is 1. The monoisotopic (exact) mass is 619 g/mol. The van der Waals surface area contributed by atoms with Gasteiger partial charge in [-0.25, -0.2) is 0 Å². The van der Waals surface area contributed by atoms with Crippen molar-refractivity contribution < 1.29 is 13.6 Å². The highest BCUT2D eigenvalue weighted by Crippen LogP contribution is 2.41. The molecule has 0 aromatic heterocycles. The van der Waals surface area contributed by atoms with Crippen LogP contribution in [0.25, 0.3) is 0 Å². The summed E-state index contributed by atoms with van der Waals surface area (Å²) in [6.07, 6.45) is -0.728. The van der Waals surface area contributed by atoms with Crippen molar-refractivity contribution in [2.75, 3.05) is 6.61 Å². The molecule has 1 fully saturated rings. The smallest absolute Gasteiger partial charge is 0.261 e. The second kappa shape index (κ2) is 13.0. The third kappa shape index (κ3) is 6.00. The van der Waals surface area contributed by atoms with Gasteiger partial charge in [0.25, 0.3) is 16.6 Å². The number of nitriles is 1. The van der Waals surface area contributed by atoms with Gasteiger partial charge in [-0.2, -0.15) is 5.26 Å². The van der Waals surface area contributed by atoms with Crippen LogP contribution < -0.4 is 20.7 Å². The molecule has 6 heteroatoms. The summed E-state index contributed by atoms with van der Waals surface area (Å²) in [4.78, 5) is 0. The minimum absolute atomic E-state index is 0.169. The van der Waals surface area contributed by atoms with E-state index in [0.29, 0.717) is 13.0 Å². The Labute approximate surface area is 265 Å². The molecular weight excluding hydrogens is 575 g/mol. The van der Waals surface area contributed by atoms with E-state index >= 15 is 0 Å². The number of benzene rings is 4. The zero-order valence-corrected chi connectivity index (χ0v) is 28.9. The molecule has 1 saturated heterocycles. The molecule has 5 rings (SSSR count). The summed E-state index contributed by atoms with van der Waals surface area (Å²) in [5.41, 5.74) is 0. The van der Waals surface area contributed by atoms with Crippen LogP contribution in [0.3, 0.4) is 0 Å². The Balaban J connectivity index is 1.58. The molecule has 1 aliphatic rings.